The van der Waals surface area contributed by atoms with Crippen LogP contribution in [0.25, 0.3) is 16.9 Å². The maximum atomic E-state index is 14.4. The topological polar surface area (TPSA) is 73.0 Å². The first-order chi connectivity index (χ1) is 14.5. The number of aromatic nitrogens is 3. The fourth-order valence-corrected chi connectivity index (χ4v) is 3.49. The summed E-state index contributed by atoms with van der Waals surface area (Å²) in [4.78, 5) is 17.0. The molecule has 2 aromatic carbocycles. The number of nitrogens with one attached hydrogen (secondary N) is 1. The smallest absolute Gasteiger partial charge is 0.257 e. The molecule has 1 amide bonds. The molecular formula is C22H18ClFN4O2. The van der Waals surface area contributed by atoms with E-state index in [2.05, 4.69) is 15.5 Å². The van der Waals surface area contributed by atoms with Gasteiger partial charge in [-0.25, -0.2) is 9.37 Å². The van der Waals surface area contributed by atoms with Crippen LogP contribution in [0.3, 0.4) is 0 Å². The highest BCUT2D eigenvalue weighted by Gasteiger charge is 2.26. The lowest BCUT2D eigenvalue weighted by Gasteiger charge is -2.15. The van der Waals surface area contributed by atoms with Gasteiger partial charge in [0.1, 0.15) is 22.8 Å². The summed E-state index contributed by atoms with van der Waals surface area (Å²) in [5.41, 5.74) is 2.14. The molecule has 0 aliphatic carbocycles. The molecule has 4 aromatic rings. The number of carbonyl (C=O) groups excluding carboxylic acids is 1. The van der Waals surface area contributed by atoms with Crippen molar-refractivity contribution in [1.82, 2.24) is 20.0 Å². The Bertz CT molecular complexity index is 1170. The Kier molecular flexibility index (Phi) is 5.37. The van der Waals surface area contributed by atoms with Crippen LogP contribution in [0.4, 0.5) is 4.39 Å². The number of nitrogens with zero attached hydrogens (tertiary/aromatic N) is 3. The van der Waals surface area contributed by atoms with Crippen molar-refractivity contribution in [1.29, 1.82) is 0 Å². The van der Waals surface area contributed by atoms with Crippen LogP contribution >= 0.6 is 11.6 Å². The molecule has 0 unspecified atom stereocenters. The largest absolute Gasteiger partial charge is 0.360 e. The maximum Gasteiger partial charge on any atom is 0.257 e. The molecular weight excluding hydrogens is 407 g/mol. The van der Waals surface area contributed by atoms with Crippen molar-refractivity contribution in [2.45, 2.75) is 19.9 Å². The number of carbonyl (C=O) groups is 1. The highest BCUT2D eigenvalue weighted by atomic mass is 35.5. The van der Waals surface area contributed by atoms with Gasteiger partial charge in [-0.2, -0.15) is 0 Å². The summed E-state index contributed by atoms with van der Waals surface area (Å²) in [6, 6.07) is 11.7. The Labute approximate surface area is 177 Å². The molecule has 1 atom stereocenters. The van der Waals surface area contributed by atoms with E-state index < -0.39 is 11.7 Å². The second-order valence-corrected chi connectivity index (χ2v) is 7.22. The summed E-state index contributed by atoms with van der Waals surface area (Å²) in [5, 5.41) is 6.95. The summed E-state index contributed by atoms with van der Waals surface area (Å²) in [6.07, 6.45) is 5.27. The van der Waals surface area contributed by atoms with Crippen LogP contribution in [0.1, 0.15) is 34.6 Å². The van der Waals surface area contributed by atoms with E-state index in [1.165, 1.54) is 18.2 Å². The van der Waals surface area contributed by atoms with Gasteiger partial charge in [0.2, 0.25) is 0 Å². The Hall–Kier alpha value is -3.45. The van der Waals surface area contributed by atoms with E-state index in [9.17, 15) is 9.18 Å². The van der Waals surface area contributed by atoms with E-state index in [1.807, 2.05) is 42.0 Å². The van der Waals surface area contributed by atoms with Crippen molar-refractivity contribution in [3.05, 3.63) is 88.9 Å². The van der Waals surface area contributed by atoms with Gasteiger partial charge in [-0.15, -0.1) is 0 Å². The zero-order chi connectivity index (χ0) is 21.3. The average Bonchev–Trinajstić information content (AvgIpc) is 3.38. The highest BCUT2D eigenvalue weighted by molar-refractivity contribution is 6.33. The SMILES string of the molecule is Cc1onc(-c2c(F)cccc2Cl)c1C(=O)N[C@H](C)c1ccc(-n2ccnc2)cc1. The third kappa shape index (κ3) is 3.71. The lowest BCUT2D eigenvalue weighted by molar-refractivity contribution is 0.0939. The summed E-state index contributed by atoms with van der Waals surface area (Å²) in [6.45, 7) is 3.47. The molecule has 1 N–H and O–H groups in total. The average molecular weight is 425 g/mol. The fourth-order valence-electron chi connectivity index (χ4n) is 3.23. The van der Waals surface area contributed by atoms with Crippen LogP contribution < -0.4 is 5.32 Å². The van der Waals surface area contributed by atoms with Crippen molar-refractivity contribution in [2.24, 2.45) is 0 Å². The van der Waals surface area contributed by atoms with E-state index in [1.54, 1.807) is 19.4 Å². The molecule has 0 spiro atoms. The summed E-state index contributed by atoms with van der Waals surface area (Å²) < 4.78 is 21.4. The number of hydrogen-bond acceptors (Lipinski definition) is 4. The van der Waals surface area contributed by atoms with Crippen LogP contribution in [0.2, 0.25) is 5.02 Å². The molecule has 0 radical (unpaired) electrons. The number of rotatable bonds is 5. The zero-order valence-electron chi connectivity index (χ0n) is 16.3. The van der Waals surface area contributed by atoms with E-state index in [-0.39, 0.29) is 33.6 Å². The number of aryl methyl sites for hydroxylation is 1. The molecule has 0 saturated heterocycles. The van der Waals surface area contributed by atoms with Gasteiger partial charge in [0.15, 0.2) is 0 Å². The van der Waals surface area contributed by atoms with Crippen molar-refractivity contribution in [3.8, 4) is 16.9 Å². The highest BCUT2D eigenvalue weighted by Crippen LogP contribution is 2.33. The van der Waals surface area contributed by atoms with Crippen LogP contribution in [-0.2, 0) is 0 Å². The molecule has 6 nitrogen and oxygen atoms in total. The predicted molar refractivity (Wildman–Crippen MR) is 111 cm³/mol. The summed E-state index contributed by atoms with van der Waals surface area (Å²) >= 11 is 6.15. The molecule has 0 aliphatic rings. The van der Waals surface area contributed by atoms with E-state index >= 15 is 0 Å². The molecule has 8 heteroatoms. The van der Waals surface area contributed by atoms with Gasteiger partial charge < -0.3 is 14.4 Å². The van der Waals surface area contributed by atoms with Gasteiger partial charge in [0, 0.05) is 18.1 Å². The van der Waals surface area contributed by atoms with Crippen molar-refractivity contribution in [3.63, 3.8) is 0 Å². The molecule has 2 heterocycles. The first-order valence-electron chi connectivity index (χ1n) is 9.25. The summed E-state index contributed by atoms with van der Waals surface area (Å²) in [5.74, 6) is -0.716. The lowest BCUT2D eigenvalue weighted by Crippen LogP contribution is -2.27. The van der Waals surface area contributed by atoms with Gasteiger partial charge in [0.05, 0.1) is 23.0 Å². The quantitative estimate of drug-likeness (QED) is 0.482. The van der Waals surface area contributed by atoms with Crippen LogP contribution in [0.15, 0.2) is 65.7 Å². The molecule has 0 aliphatic heterocycles. The molecule has 0 saturated carbocycles. The Morgan fingerprint density at radius 1 is 1.23 bits per heavy atom. The first kappa shape index (κ1) is 19.8. The monoisotopic (exact) mass is 424 g/mol. The van der Waals surface area contributed by atoms with Gasteiger partial charge >= 0.3 is 0 Å². The third-order valence-electron chi connectivity index (χ3n) is 4.83. The van der Waals surface area contributed by atoms with Crippen LogP contribution in [0.5, 0.6) is 0 Å². The molecule has 152 valence electrons. The molecule has 0 fully saturated rings. The van der Waals surface area contributed by atoms with E-state index in [4.69, 9.17) is 16.1 Å². The van der Waals surface area contributed by atoms with Crippen molar-refractivity contribution < 1.29 is 13.7 Å². The van der Waals surface area contributed by atoms with Crippen LogP contribution in [-0.4, -0.2) is 20.6 Å². The van der Waals surface area contributed by atoms with Crippen molar-refractivity contribution >= 4 is 17.5 Å². The minimum Gasteiger partial charge on any atom is -0.360 e. The third-order valence-corrected chi connectivity index (χ3v) is 5.15. The minimum absolute atomic E-state index is 0.0403. The second kappa shape index (κ2) is 8.12. The Balaban J connectivity index is 1.58. The van der Waals surface area contributed by atoms with Gasteiger partial charge in [-0.3, -0.25) is 4.79 Å². The van der Waals surface area contributed by atoms with Gasteiger partial charge in [0.25, 0.3) is 5.91 Å². The van der Waals surface area contributed by atoms with Crippen LogP contribution in [0, 0.1) is 12.7 Å². The maximum absolute atomic E-state index is 14.4. The fraction of sp³-hybridized carbons (Fsp3) is 0.136. The second-order valence-electron chi connectivity index (χ2n) is 6.82. The summed E-state index contributed by atoms with van der Waals surface area (Å²) in [7, 11) is 0. The normalized spacial score (nSPS) is 12.0. The Morgan fingerprint density at radius 3 is 2.67 bits per heavy atom. The van der Waals surface area contributed by atoms with E-state index in [0.29, 0.717) is 0 Å². The number of benzene rings is 2. The number of imidazole rings is 1. The zero-order valence-corrected chi connectivity index (χ0v) is 17.0. The van der Waals surface area contributed by atoms with Crippen molar-refractivity contribution in [2.75, 3.05) is 0 Å². The van der Waals surface area contributed by atoms with Gasteiger partial charge in [-0.1, -0.05) is 35.0 Å². The Morgan fingerprint density at radius 2 is 2.00 bits per heavy atom. The molecule has 4 rings (SSSR count). The number of amides is 1. The lowest BCUT2D eigenvalue weighted by atomic mass is 10.0. The molecule has 2 aromatic heterocycles. The number of halogens is 2. The number of hydrogen-bond donors (Lipinski definition) is 1. The van der Waals surface area contributed by atoms with E-state index in [0.717, 1.165) is 11.3 Å². The minimum atomic E-state index is -0.576. The molecule has 30 heavy (non-hydrogen) atoms. The first-order valence-corrected chi connectivity index (χ1v) is 9.63. The van der Waals surface area contributed by atoms with Gasteiger partial charge in [-0.05, 0) is 43.7 Å². The molecule has 0 bridgehead atoms. The standard InChI is InChI=1S/C22H18ClFN4O2/c1-13(15-6-8-16(9-7-15)28-11-10-25-12-28)26-22(29)19-14(2)30-27-21(19)20-17(23)4-3-5-18(20)24/h3-13H,1-2H3,(H,26,29)/t13-/m1/s1. The predicted octanol–water partition coefficient (Wildman–Crippen LogP) is 5.12.